The zero-order valence-corrected chi connectivity index (χ0v) is 16.5. The van der Waals surface area contributed by atoms with Crippen LogP contribution in [0.2, 0.25) is 0 Å². The van der Waals surface area contributed by atoms with Gasteiger partial charge in [0, 0.05) is 11.1 Å². The summed E-state index contributed by atoms with van der Waals surface area (Å²) in [5.41, 5.74) is 4.24. The van der Waals surface area contributed by atoms with Crippen molar-refractivity contribution in [3.63, 3.8) is 0 Å². The lowest BCUT2D eigenvalue weighted by molar-refractivity contribution is 0.263. The number of hydrogen-bond acceptors (Lipinski definition) is 4. The molecule has 4 heteroatoms. The average molecular weight is 398 g/mol. The number of rotatable bonds is 7. The normalized spacial score (nSPS) is 18.8. The van der Waals surface area contributed by atoms with E-state index in [2.05, 4.69) is 36.1 Å². The van der Waals surface area contributed by atoms with Crippen LogP contribution in [-0.2, 0) is 9.47 Å². The van der Waals surface area contributed by atoms with E-state index in [9.17, 15) is 0 Å². The van der Waals surface area contributed by atoms with Gasteiger partial charge in [0.25, 0.3) is 0 Å². The first-order chi connectivity index (χ1) is 14.8. The van der Waals surface area contributed by atoms with Crippen LogP contribution in [0.4, 0.5) is 0 Å². The fourth-order valence-corrected chi connectivity index (χ4v) is 2.98. The summed E-state index contributed by atoms with van der Waals surface area (Å²) in [5, 5.41) is 0. The van der Waals surface area contributed by atoms with Crippen LogP contribution < -0.4 is 9.47 Å². The molecule has 2 unspecified atom stereocenters. The van der Waals surface area contributed by atoms with Crippen LogP contribution in [0.1, 0.15) is 11.1 Å². The zero-order valence-electron chi connectivity index (χ0n) is 16.5. The highest BCUT2D eigenvalue weighted by Gasteiger charge is 2.23. The Morgan fingerprint density at radius 3 is 1.40 bits per heavy atom. The molecule has 2 heterocycles. The predicted octanol–water partition coefficient (Wildman–Crippen LogP) is 4.31. The lowest BCUT2D eigenvalue weighted by Gasteiger charge is -2.06. The summed E-state index contributed by atoms with van der Waals surface area (Å²) in [4.78, 5) is 0. The molecule has 3 aromatic rings. The molecule has 150 valence electrons. The third kappa shape index (κ3) is 5.21. The maximum absolute atomic E-state index is 5.69. The van der Waals surface area contributed by atoms with E-state index < -0.39 is 0 Å². The Morgan fingerprint density at radius 1 is 0.600 bits per heavy atom. The molecule has 0 spiro atoms. The van der Waals surface area contributed by atoms with Crippen LogP contribution in [0.3, 0.4) is 0 Å². The van der Waals surface area contributed by atoms with Crippen molar-refractivity contribution in [1.29, 1.82) is 0 Å². The molecule has 2 aliphatic heterocycles. The Labute approximate surface area is 176 Å². The second-order valence-electron chi connectivity index (χ2n) is 7.41. The highest BCUT2D eigenvalue weighted by atomic mass is 16.6. The largest absolute Gasteiger partial charge is 0.491 e. The van der Waals surface area contributed by atoms with Crippen molar-refractivity contribution >= 4 is 0 Å². The number of ether oxygens (including phenoxy) is 4. The van der Waals surface area contributed by atoms with Crippen LogP contribution in [-0.4, -0.2) is 38.6 Å². The smallest absolute Gasteiger partial charge is 0.119 e. The minimum Gasteiger partial charge on any atom is -0.491 e. The molecule has 30 heavy (non-hydrogen) atoms. The summed E-state index contributed by atoms with van der Waals surface area (Å²) in [6.07, 6.45) is 0.535. The summed E-state index contributed by atoms with van der Waals surface area (Å²) in [6, 6.07) is 24.3. The van der Waals surface area contributed by atoms with Crippen molar-refractivity contribution in [2.45, 2.75) is 12.2 Å². The molecule has 2 saturated heterocycles. The summed E-state index contributed by atoms with van der Waals surface area (Å²) in [7, 11) is 0. The van der Waals surface area contributed by atoms with Crippen LogP contribution in [0, 0.1) is 11.8 Å². The number of epoxide rings is 2. The highest BCUT2D eigenvalue weighted by Crippen LogP contribution is 2.23. The van der Waals surface area contributed by atoms with Gasteiger partial charge in [-0.3, -0.25) is 0 Å². The van der Waals surface area contributed by atoms with E-state index >= 15 is 0 Å². The Kier molecular flexibility index (Phi) is 5.39. The first-order valence-electron chi connectivity index (χ1n) is 10.1. The molecule has 0 N–H and O–H groups in total. The Hall–Kier alpha value is -3.26. The van der Waals surface area contributed by atoms with Crippen molar-refractivity contribution in [3.8, 4) is 34.5 Å². The van der Waals surface area contributed by atoms with Crippen molar-refractivity contribution in [2.75, 3.05) is 26.4 Å². The molecule has 3 aromatic carbocycles. The maximum atomic E-state index is 5.69. The van der Waals surface area contributed by atoms with Crippen LogP contribution in [0.5, 0.6) is 11.5 Å². The van der Waals surface area contributed by atoms with Gasteiger partial charge >= 0.3 is 0 Å². The van der Waals surface area contributed by atoms with E-state index in [-0.39, 0.29) is 12.2 Å². The Balaban J connectivity index is 1.18. The standard InChI is InChI=1S/C26H22O4/c1(2-20-5-11-23(12-6-20)27-15-25-17-29-25)19-3-7-21(8-4-19)22-9-13-24(14-10-22)28-16-26-18-30-26/h3-14,25-26H,15-18H2. The summed E-state index contributed by atoms with van der Waals surface area (Å²) in [6.45, 7) is 2.85. The topological polar surface area (TPSA) is 43.5 Å². The van der Waals surface area contributed by atoms with Gasteiger partial charge in [0.05, 0.1) is 13.2 Å². The molecule has 0 bridgehead atoms. The Bertz CT molecular complexity index is 1040. The van der Waals surface area contributed by atoms with Crippen LogP contribution in [0.15, 0.2) is 72.8 Å². The molecule has 2 atom stereocenters. The van der Waals surface area contributed by atoms with Gasteiger partial charge in [-0.25, -0.2) is 0 Å². The number of hydrogen-bond donors (Lipinski definition) is 0. The van der Waals surface area contributed by atoms with E-state index in [1.54, 1.807) is 0 Å². The van der Waals surface area contributed by atoms with E-state index in [1.165, 1.54) is 0 Å². The second kappa shape index (κ2) is 8.62. The molecule has 0 radical (unpaired) electrons. The quantitative estimate of drug-likeness (QED) is 0.439. The van der Waals surface area contributed by atoms with Crippen molar-refractivity contribution in [3.05, 3.63) is 83.9 Å². The monoisotopic (exact) mass is 398 g/mol. The van der Waals surface area contributed by atoms with Gasteiger partial charge in [0.15, 0.2) is 0 Å². The third-order valence-electron chi connectivity index (χ3n) is 4.95. The van der Waals surface area contributed by atoms with Crippen LogP contribution in [0.25, 0.3) is 11.1 Å². The van der Waals surface area contributed by atoms with Gasteiger partial charge in [-0.05, 0) is 59.7 Å². The second-order valence-corrected chi connectivity index (χ2v) is 7.41. The minimum atomic E-state index is 0.265. The first-order valence-corrected chi connectivity index (χ1v) is 10.1. The van der Waals surface area contributed by atoms with E-state index in [0.29, 0.717) is 13.2 Å². The van der Waals surface area contributed by atoms with Gasteiger partial charge in [0.1, 0.15) is 36.9 Å². The molecular weight excluding hydrogens is 376 g/mol. The van der Waals surface area contributed by atoms with Crippen LogP contribution >= 0.6 is 0 Å². The third-order valence-corrected chi connectivity index (χ3v) is 4.95. The minimum absolute atomic E-state index is 0.265. The fraction of sp³-hybridized carbons (Fsp3) is 0.231. The zero-order chi connectivity index (χ0) is 20.2. The van der Waals surface area contributed by atoms with Crippen molar-refractivity contribution in [1.82, 2.24) is 0 Å². The molecule has 0 amide bonds. The molecule has 0 saturated carbocycles. The summed E-state index contributed by atoms with van der Waals surface area (Å²) >= 11 is 0. The van der Waals surface area contributed by atoms with E-state index in [4.69, 9.17) is 18.9 Å². The molecule has 0 aliphatic carbocycles. The predicted molar refractivity (Wildman–Crippen MR) is 115 cm³/mol. The van der Waals surface area contributed by atoms with Gasteiger partial charge in [0.2, 0.25) is 0 Å². The molecule has 5 rings (SSSR count). The molecule has 0 aromatic heterocycles. The van der Waals surface area contributed by atoms with Gasteiger partial charge < -0.3 is 18.9 Å². The lowest BCUT2D eigenvalue weighted by atomic mass is 10.0. The molecule has 4 nitrogen and oxygen atoms in total. The first kappa shape index (κ1) is 18.7. The van der Waals surface area contributed by atoms with Crippen molar-refractivity contribution in [2.24, 2.45) is 0 Å². The molecular formula is C26H22O4. The maximum Gasteiger partial charge on any atom is 0.119 e. The highest BCUT2D eigenvalue weighted by molar-refractivity contribution is 5.65. The van der Waals surface area contributed by atoms with Gasteiger partial charge in [-0.2, -0.15) is 0 Å². The van der Waals surface area contributed by atoms with E-state index in [0.717, 1.165) is 47.0 Å². The lowest BCUT2D eigenvalue weighted by Crippen LogP contribution is -2.03. The Morgan fingerprint density at radius 2 is 0.967 bits per heavy atom. The fourth-order valence-electron chi connectivity index (χ4n) is 2.98. The van der Waals surface area contributed by atoms with E-state index in [1.807, 2.05) is 48.5 Å². The average Bonchev–Trinajstić information content (AvgIpc) is 3.71. The SMILES string of the molecule is C(#Cc1ccc(-c2ccc(OCC3CO3)cc2)cc1)c1ccc(OCC2CO2)cc1. The van der Waals surface area contributed by atoms with Crippen molar-refractivity contribution < 1.29 is 18.9 Å². The summed E-state index contributed by atoms with van der Waals surface area (Å²) < 4.78 is 21.6. The molecule has 2 fully saturated rings. The van der Waals surface area contributed by atoms with Gasteiger partial charge in [-0.15, -0.1) is 0 Å². The molecule has 2 aliphatic rings. The van der Waals surface area contributed by atoms with Gasteiger partial charge in [-0.1, -0.05) is 36.1 Å². The summed E-state index contributed by atoms with van der Waals surface area (Å²) in [5.74, 6) is 8.14. The number of benzene rings is 3.